The molecule has 3 rings (SSSR count). The summed E-state index contributed by atoms with van der Waals surface area (Å²) in [7, 11) is 0. The highest BCUT2D eigenvalue weighted by Crippen LogP contribution is 2.47. The Balaban J connectivity index is 2.02. The second-order valence-corrected chi connectivity index (χ2v) is 4.52. The Morgan fingerprint density at radius 1 is 1.24 bits per heavy atom. The fourth-order valence-corrected chi connectivity index (χ4v) is 2.46. The molecule has 4 nitrogen and oxygen atoms in total. The molecular weight excluding hydrogens is 214 g/mol. The van der Waals surface area contributed by atoms with Crippen molar-refractivity contribution in [1.29, 1.82) is 0 Å². The van der Waals surface area contributed by atoms with Crippen LogP contribution in [0.3, 0.4) is 0 Å². The summed E-state index contributed by atoms with van der Waals surface area (Å²) < 4.78 is 5.13. The number of nitrogens with zero attached hydrogens (tertiary/aromatic N) is 2. The average Bonchev–Trinajstić information content (AvgIpc) is 2.78. The Labute approximate surface area is 99.8 Å². The van der Waals surface area contributed by atoms with Gasteiger partial charge >= 0.3 is 0 Å². The van der Waals surface area contributed by atoms with Gasteiger partial charge in [-0.25, -0.2) is 0 Å². The molecule has 17 heavy (non-hydrogen) atoms. The third-order valence-corrected chi connectivity index (χ3v) is 3.60. The molecule has 0 saturated heterocycles. The lowest BCUT2D eigenvalue weighted by molar-refractivity contribution is 0.271. The number of hydrogen-bond acceptors (Lipinski definition) is 4. The maximum absolute atomic E-state index is 5.51. The van der Waals surface area contributed by atoms with Crippen LogP contribution in [-0.2, 0) is 12.0 Å². The van der Waals surface area contributed by atoms with Crippen molar-refractivity contribution in [2.75, 3.05) is 0 Å². The molecule has 0 amide bonds. The zero-order valence-corrected chi connectivity index (χ0v) is 9.60. The molecule has 0 spiro atoms. The van der Waals surface area contributed by atoms with Gasteiger partial charge in [0, 0.05) is 0 Å². The molecule has 1 aromatic heterocycles. The maximum atomic E-state index is 5.51. The van der Waals surface area contributed by atoms with Gasteiger partial charge in [0.05, 0.1) is 12.0 Å². The van der Waals surface area contributed by atoms with Crippen molar-refractivity contribution < 1.29 is 4.52 Å². The van der Waals surface area contributed by atoms with E-state index < -0.39 is 0 Å². The van der Waals surface area contributed by atoms with Gasteiger partial charge in [0.1, 0.15) is 0 Å². The minimum absolute atomic E-state index is 0.0435. The number of benzene rings is 1. The molecule has 1 aliphatic rings. The van der Waals surface area contributed by atoms with Crippen molar-refractivity contribution in [3.8, 4) is 0 Å². The van der Waals surface area contributed by atoms with Crippen molar-refractivity contribution in [3.05, 3.63) is 47.6 Å². The normalized spacial score (nSPS) is 17.7. The van der Waals surface area contributed by atoms with Crippen molar-refractivity contribution in [1.82, 2.24) is 10.1 Å². The summed E-state index contributed by atoms with van der Waals surface area (Å²) >= 11 is 0. The summed E-state index contributed by atoms with van der Waals surface area (Å²) in [5, 5.41) is 4.09. The molecule has 0 bridgehead atoms. The van der Waals surface area contributed by atoms with Crippen LogP contribution in [0.2, 0.25) is 0 Å². The van der Waals surface area contributed by atoms with Crippen LogP contribution in [0.1, 0.15) is 36.5 Å². The fourth-order valence-electron chi connectivity index (χ4n) is 2.46. The standard InChI is InChI=1S/C13H15N3O/c14-9-11-15-12(16-17-11)13(7-4-8-13)10-5-2-1-3-6-10/h1-3,5-6H,4,7-9,14H2. The first kappa shape index (κ1) is 10.5. The second kappa shape index (κ2) is 3.96. The number of rotatable bonds is 3. The summed E-state index contributed by atoms with van der Waals surface area (Å²) in [5.74, 6) is 1.30. The van der Waals surface area contributed by atoms with E-state index in [1.54, 1.807) is 0 Å². The molecule has 4 heteroatoms. The van der Waals surface area contributed by atoms with Gasteiger partial charge in [-0.05, 0) is 18.4 Å². The fraction of sp³-hybridized carbons (Fsp3) is 0.385. The van der Waals surface area contributed by atoms with E-state index in [4.69, 9.17) is 10.3 Å². The molecule has 1 saturated carbocycles. The topological polar surface area (TPSA) is 64.9 Å². The quantitative estimate of drug-likeness (QED) is 0.874. The summed E-state index contributed by atoms with van der Waals surface area (Å²) in [4.78, 5) is 4.40. The molecule has 0 atom stereocenters. The van der Waals surface area contributed by atoms with Gasteiger partial charge in [0.25, 0.3) is 0 Å². The summed E-state index contributed by atoms with van der Waals surface area (Å²) in [6.45, 7) is 0.303. The lowest BCUT2D eigenvalue weighted by atomic mass is 9.64. The van der Waals surface area contributed by atoms with Crippen molar-refractivity contribution >= 4 is 0 Å². The molecule has 88 valence electrons. The molecule has 1 fully saturated rings. The molecule has 0 aliphatic heterocycles. The van der Waals surface area contributed by atoms with E-state index in [-0.39, 0.29) is 5.41 Å². The van der Waals surface area contributed by atoms with E-state index in [1.165, 1.54) is 12.0 Å². The number of aromatic nitrogens is 2. The van der Waals surface area contributed by atoms with Gasteiger partial charge in [0.2, 0.25) is 5.89 Å². The monoisotopic (exact) mass is 229 g/mol. The Morgan fingerprint density at radius 2 is 2.00 bits per heavy atom. The van der Waals surface area contributed by atoms with Crippen LogP contribution in [0, 0.1) is 0 Å². The van der Waals surface area contributed by atoms with Crippen LogP contribution in [0.15, 0.2) is 34.9 Å². The third-order valence-electron chi connectivity index (χ3n) is 3.60. The number of hydrogen-bond donors (Lipinski definition) is 1. The van der Waals surface area contributed by atoms with Crippen LogP contribution in [0.25, 0.3) is 0 Å². The SMILES string of the molecule is NCc1nc(C2(c3ccccc3)CCC2)no1. The van der Waals surface area contributed by atoms with Crippen molar-refractivity contribution in [3.63, 3.8) is 0 Å². The van der Waals surface area contributed by atoms with E-state index in [9.17, 15) is 0 Å². The van der Waals surface area contributed by atoms with Gasteiger partial charge in [-0.15, -0.1) is 0 Å². The van der Waals surface area contributed by atoms with E-state index in [0.29, 0.717) is 12.4 Å². The Hall–Kier alpha value is -1.68. The minimum atomic E-state index is -0.0435. The van der Waals surface area contributed by atoms with Crippen LogP contribution < -0.4 is 5.73 Å². The molecule has 1 heterocycles. The zero-order valence-electron chi connectivity index (χ0n) is 9.60. The summed E-state index contributed by atoms with van der Waals surface area (Å²) in [6.07, 6.45) is 3.38. The first-order valence-electron chi connectivity index (χ1n) is 5.94. The Kier molecular flexibility index (Phi) is 2.44. The predicted octanol–water partition coefficient (Wildman–Crippen LogP) is 2.00. The molecule has 2 aromatic rings. The van der Waals surface area contributed by atoms with Crippen molar-refractivity contribution in [2.24, 2.45) is 5.73 Å². The van der Waals surface area contributed by atoms with Gasteiger partial charge in [-0.3, -0.25) is 0 Å². The van der Waals surface area contributed by atoms with Crippen LogP contribution in [0.5, 0.6) is 0 Å². The molecule has 0 unspecified atom stereocenters. The Bertz CT molecular complexity index is 502. The lowest BCUT2D eigenvalue weighted by Gasteiger charge is -2.39. The van der Waals surface area contributed by atoms with Crippen LogP contribution in [0.4, 0.5) is 0 Å². The molecule has 0 radical (unpaired) electrons. The minimum Gasteiger partial charge on any atom is -0.338 e. The highest BCUT2D eigenvalue weighted by molar-refractivity contribution is 5.35. The second-order valence-electron chi connectivity index (χ2n) is 4.52. The highest BCUT2D eigenvalue weighted by atomic mass is 16.5. The van der Waals surface area contributed by atoms with Gasteiger partial charge in [-0.1, -0.05) is 41.9 Å². The van der Waals surface area contributed by atoms with Crippen LogP contribution in [-0.4, -0.2) is 10.1 Å². The molecule has 1 aliphatic carbocycles. The number of nitrogens with two attached hydrogens (primary N) is 1. The smallest absolute Gasteiger partial charge is 0.240 e. The first-order chi connectivity index (χ1) is 8.35. The Morgan fingerprint density at radius 3 is 2.53 bits per heavy atom. The summed E-state index contributed by atoms with van der Waals surface area (Å²) in [6, 6.07) is 10.4. The van der Waals surface area contributed by atoms with E-state index in [2.05, 4.69) is 34.4 Å². The maximum Gasteiger partial charge on any atom is 0.240 e. The van der Waals surface area contributed by atoms with Crippen molar-refractivity contribution in [2.45, 2.75) is 31.2 Å². The van der Waals surface area contributed by atoms with Gasteiger partial charge < -0.3 is 10.3 Å². The first-order valence-corrected chi connectivity index (χ1v) is 5.94. The zero-order chi connectivity index (χ0) is 11.7. The third kappa shape index (κ3) is 1.56. The molecule has 1 aromatic carbocycles. The molecular formula is C13H15N3O. The van der Waals surface area contributed by atoms with Gasteiger partial charge in [-0.2, -0.15) is 4.98 Å². The highest BCUT2D eigenvalue weighted by Gasteiger charge is 2.44. The molecule has 2 N–H and O–H groups in total. The summed E-state index contributed by atoms with van der Waals surface area (Å²) in [5.41, 5.74) is 6.74. The van der Waals surface area contributed by atoms with Crippen LogP contribution >= 0.6 is 0 Å². The van der Waals surface area contributed by atoms with E-state index in [0.717, 1.165) is 18.7 Å². The largest absolute Gasteiger partial charge is 0.338 e. The van der Waals surface area contributed by atoms with Gasteiger partial charge in [0.15, 0.2) is 5.82 Å². The average molecular weight is 229 g/mol. The van der Waals surface area contributed by atoms with E-state index >= 15 is 0 Å². The predicted molar refractivity (Wildman–Crippen MR) is 63.3 cm³/mol. The lowest BCUT2D eigenvalue weighted by Crippen LogP contribution is -2.36. The van der Waals surface area contributed by atoms with E-state index in [1.807, 2.05) is 6.07 Å².